The molecule has 1 N–H and O–H groups in total. The molecule has 1 heterocycles. The number of hydrogen-bond donors (Lipinski definition) is 1. The molecule has 0 saturated carbocycles. The van der Waals surface area contributed by atoms with E-state index in [9.17, 15) is 5.11 Å². The van der Waals surface area contributed by atoms with Crippen LogP contribution >= 0.6 is 0 Å². The maximum atomic E-state index is 9.75. The quantitative estimate of drug-likeness (QED) is 0.673. The smallest absolute Gasteiger partial charge is 0.186 e. The minimum absolute atomic E-state index is 0.267. The molecule has 0 amide bonds. The predicted molar refractivity (Wildman–Crippen MR) is 49.0 cm³/mol. The van der Waals surface area contributed by atoms with Crippen LogP contribution < -0.4 is 0 Å². The van der Waals surface area contributed by atoms with Crippen LogP contribution in [-0.4, -0.2) is 57.1 Å². The fraction of sp³-hybridized carbons (Fsp3) is 1.00. The maximum Gasteiger partial charge on any atom is 0.186 e. The van der Waals surface area contributed by atoms with Crippen LogP contribution in [0.2, 0.25) is 0 Å². The Balaban J connectivity index is 2.53. The third-order valence-corrected chi connectivity index (χ3v) is 2.22. The van der Waals surface area contributed by atoms with Crippen LogP contribution in [0, 0.1) is 0 Å². The molecular weight excluding hydrogens is 188 g/mol. The summed E-state index contributed by atoms with van der Waals surface area (Å²) in [5, 5.41) is 9.75. The number of ether oxygens (including phenoxy) is 4. The fourth-order valence-electron chi connectivity index (χ4n) is 1.60. The van der Waals surface area contributed by atoms with Gasteiger partial charge in [0.2, 0.25) is 0 Å². The fourth-order valence-corrected chi connectivity index (χ4v) is 1.60. The van der Waals surface area contributed by atoms with Crippen LogP contribution in [0.4, 0.5) is 0 Å². The number of aliphatic hydroxyl groups is 1. The second kappa shape index (κ2) is 5.63. The Bertz CT molecular complexity index is 163. The minimum atomic E-state index is -0.750. The molecule has 0 aromatic heterocycles. The molecule has 14 heavy (non-hydrogen) atoms. The van der Waals surface area contributed by atoms with Crippen molar-refractivity contribution < 1.29 is 24.1 Å². The zero-order valence-corrected chi connectivity index (χ0v) is 8.80. The van der Waals surface area contributed by atoms with E-state index >= 15 is 0 Å². The molecule has 0 aromatic carbocycles. The highest BCUT2D eigenvalue weighted by Crippen LogP contribution is 2.24. The van der Waals surface area contributed by atoms with Crippen molar-refractivity contribution in [3.05, 3.63) is 0 Å². The van der Waals surface area contributed by atoms with Crippen LogP contribution in [0.3, 0.4) is 0 Å². The summed E-state index contributed by atoms with van der Waals surface area (Å²) >= 11 is 0. The van der Waals surface area contributed by atoms with Crippen molar-refractivity contribution >= 4 is 0 Å². The lowest BCUT2D eigenvalue weighted by molar-refractivity contribution is -0.167. The van der Waals surface area contributed by atoms with Crippen molar-refractivity contribution in [1.29, 1.82) is 0 Å². The van der Waals surface area contributed by atoms with Crippen LogP contribution in [0.15, 0.2) is 0 Å². The van der Waals surface area contributed by atoms with Crippen LogP contribution in [-0.2, 0) is 18.9 Å². The molecule has 84 valence electrons. The van der Waals surface area contributed by atoms with Gasteiger partial charge in [-0.05, 0) is 6.92 Å². The highest BCUT2D eigenvalue weighted by molar-refractivity contribution is 4.87. The summed E-state index contributed by atoms with van der Waals surface area (Å²) in [4.78, 5) is 0. The molecule has 0 radical (unpaired) electrons. The van der Waals surface area contributed by atoms with Gasteiger partial charge in [0.15, 0.2) is 6.29 Å². The lowest BCUT2D eigenvalue weighted by Gasteiger charge is -2.17. The van der Waals surface area contributed by atoms with Gasteiger partial charge in [-0.1, -0.05) is 0 Å². The van der Waals surface area contributed by atoms with Crippen molar-refractivity contribution in [3.63, 3.8) is 0 Å². The Morgan fingerprint density at radius 2 is 2.07 bits per heavy atom. The molecular formula is C9H18O5. The van der Waals surface area contributed by atoms with Gasteiger partial charge in [-0.3, -0.25) is 0 Å². The Kier molecular flexibility index (Phi) is 4.77. The van der Waals surface area contributed by atoms with Gasteiger partial charge in [0.25, 0.3) is 0 Å². The molecule has 1 saturated heterocycles. The molecule has 4 unspecified atom stereocenters. The van der Waals surface area contributed by atoms with E-state index in [2.05, 4.69) is 0 Å². The largest absolute Gasteiger partial charge is 0.385 e. The number of hydrogen-bond acceptors (Lipinski definition) is 5. The average Bonchev–Trinajstić information content (AvgIpc) is 2.45. The zero-order valence-electron chi connectivity index (χ0n) is 8.80. The van der Waals surface area contributed by atoms with E-state index in [1.54, 1.807) is 7.11 Å². The van der Waals surface area contributed by atoms with Gasteiger partial charge < -0.3 is 24.1 Å². The number of methoxy groups -OCH3 is 2. The standard InChI is InChI=1S/C9H18O5/c1-4-13-9-7(10)8(12-3)6(14-9)5-11-2/h6-10H,4-5H2,1-3H3. The summed E-state index contributed by atoms with van der Waals surface area (Å²) in [7, 11) is 3.12. The van der Waals surface area contributed by atoms with Gasteiger partial charge in [0.05, 0.1) is 6.61 Å². The highest BCUT2D eigenvalue weighted by atomic mass is 16.7. The predicted octanol–water partition coefficient (Wildman–Crippen LogP) is -0.230. The van der Waals surface area contributed by atoms with Crippen LogP contribution in [0.25, 0.3) is 0 Å². The van der Waals surface area contributed by atoms with Crippen LogP contribution in [0.1, 0.15) is 6.92 Å². The van der Waals surface area contributed by atoms with Crippen molar-refractivity contribution in [2.45, 2.75) is 31.5 Å². The van der Waals surface area contributed by atoms with Gasteiger partial charge in [0, 0.05) is 20.8 Å². The zero-order chi connectivity index (χ0) is 10.6. The molecule has 0 aliphatic carbocycles. The Labute approximate surface area is 83.9 Å². The maximum absolute atomic E-state index is 9.75. The van der Waals surface area contributed by atoms with Crippen molar-refractivity contribution in [2.75, 3.05) is 27.4 Å². The van der Waals surface area contributed by atoms with E-state index in [0.29, 0.717) is 13.2 Å². The topological polar surface area (TPSA) is 57.2 Å². The molecule has 5 nitrogen and oxygen atoms in total. The monoisotopic (exact) mass is 206 g/mol. The number of rotatable bonds is 5. The van der Waals surface area contributed by atoms with Crippen molar-refractivity contribution in [1.82, 2.24) is 0 Å². The van der Waals surface area contributed by atoms with Crippen molar-refractivity contribution in [2.24, 2.45) is 0 Å². The summed E-state index contributed by atoms with van der Waals surface area (Å²) in [6.45, 7) is 2.73. The Morgan fingerprint density at radius 3 is 2.57 bits per heavy atom. The first-order valence-electron chi connectivity index (χ1n) is 4.71. The third-order valence-electron chi connectivity index (χ3n) is 2.22. The summed E-state index contributed by atoms with van der Waals surface area (Å²) in [6.07, 6.45) is -2.01. The van der Waals surface area contributed by atoms with E-state index in [0.717, 1.165) is 0 Å². The lowest BCUT2D eigenvalue weighted by atomic mass is 10.1. The molecule has 0 spiro atoms. The highest BCUT2D eigenvalue weighted by Gasteiger charge is 2.44. The second-order valence-corrected chi connectivity index (χ2v) is 3.14. The first-order chi connectivity index (χ1) is 6.74. The molecule has 1 rings (SSSR count). The summed E-state index contributed by atoms with van der Waals surface area (Å²) in [6, 6.07) is 0. The summed E-state index contributed by atoms with van der Waals surface area (Å²) < 4.78 is 20.7. The molecule has 1 aliphatic rings. The van der Waals surface area contributed by atoms with E-state index in [-0.39, 0.29) is 12.2 Å². The molecule has 5 heteroatoms. The number of aliphatic hydroxyl groups excluding tert-OH is 1. The van der Waals surface area contributed by atoms with Gasteiger partial charge in [-0.15, -0.1) is 0 Å². The molecule has 0 aromatic rings. The Morgan fingerprint density at radius 1 is 1.36 bits per heavy atom. The first kappa shape index (κ1) is 11.9. The minimum Gasteiger partial charge on any atom is -0.385 e. The van der Waals surface area contributed by atoms with E-state index < -0.39 is 12.4 Å². The van der Waals surface area contributed by atoms with Gasteiger partial charge >= 0.3 is 0 Å². The second-order valence-electron chi connectivity index (χ2n) is 3.14. The average molecular weight is 206 g/mol. The molecule has 4 atom stereocenters. The SMILES string of the molecule is CCOC1OC(COC)C(OC)C1O. The summed E-state index contributed by atoms with van der Waals surface area (Å²) in [5.41, 5.74) is 0. The van der Waals surface area contributed by atoms with Gasteiger partial charge in [0.1, 0.15) is 18.3 Å². The van der Waals surface area contributed by atoms with Gasteiger partial charge in [-0.25, -0.2) is 0 Å². The first-order valence-corrected chi connectivity index (χ1v) is 4.71. The molecule has 1 fully saturated rings. The third kappa shape index (κ3) is 2.43. The van der Waals surface area contributed by atoms with Gasteiger partial charge in [-0.2, -0.15) is 0 Å². The molecule has 0 bridgehead atoms. The van der Waals surface area contributed by atoms with E-state index in [4.69, 9.17) is 18.9 Å². The Hall–Kier alpha value is -0.200. The summed E-state index contributed by atoms with van der Waals surface area (Å²) in [5.74, 6) is 0. The van der Waals surface area contributed by atoms with E-state index in [1.807, 2.05) is 6.92 Å². The molecule has 1 aliphatic heterocycles. The normalized spacial score (nSPS) is 37.7. The van der Waals surface area contributed by atoms with E-state index in [1.165, 1.54) is 7.11 Å². The lowest BCUT2D eigenvalue weighted by Crippen LogP contribution is -2.36. The van der Waals surface area contributed by atoms with Crippen LogP contribution in [0.5, 0.6) is 0 Å². The van der Waals surface area contributed by atoms with Crippen molar-refractivity contribution in [3.8, 4) is 0 Å².